The smallest absolute Gasteiger partial charge is 0.338 e. The molecule has 111 heavy (non-hydrogen) atoms. The van der Waals surface area contributed by atoms with Crippen LogP contribution in [0.15, 0.2) is 109 Å². The van der Waals surface area contributed by atoms with Gasteiger partial charge < -0.3 is 85.7 Å². The van der Waals surface area contributed by atoms with Gasteiger partial charge in [-0.05, 0) is 110 Å². The highest BCUT2D eigenvalue weighted by atomic mass is 28.4. The summed E-state index contributed by atoms with van der Waals surface area (Å²) in [6, 6.07) is 22.8. The normalized spacial score (nSPS) is 30.1. The van der Waals surface area contributed by atoms with E-state index in [1.807, 2.05) is 102 Å². The van der Waals surface area contributed by atoms with Crippen molar-refractivity contribution in [3.05, 3.63) is 143 Å². The Labute approximate surface area is 650 Å². The zero-order chi connectivity index (χ0) is 81.5. The van der Waals surface area contributed by atoms with E-state index in [0.29, 0.717) is 0 Å². The number of methoxy groups -OCH3 is 1. The highest BCUT2D eigenvalue weighted by Gasteiger charge is 2.64. The van der Waals surface area contributed by atoms with Crippen molar-refractivity contribution in [1.82, 2.24) is 9.80 Å². The maximum atomic E-state index is 15.6. The highest BCUT2D eigenvalue weighted by Crippen LogP contribution is 2.46. The number of imide groups is 2. The molecule has 20 atom stereocenters. The van der Waals surface area contributed by atoms with Crippen molar-refractivity contribution in [2.24, 2.45) is 5.73 Å². The highest BCUT2D eigenvalue weighted by molar-refractivity contribution is 6.75. The van der Waals surface area contributed by atoms with E-state index in [4.69, 9.17) is 80.6 Å². The second-order valence-electron chi connectivity index (χ2n) is 33.4. The van der Waals surface area contributed by atoms with Crippen LogP contribution in [-0.2, 0) is 89.2 Å². The molecule has 6 aliphatic rings. The van der Waals surface area contributed by atoms with Crippen LogP contribution >= 0.6 is 0 Å². The lowest BCUT2D eigenvalue weighted by Crippen LogP contribution is -2.72. The van der Waals surface area contributed by atoms with Crippen LogP contribution in [0, 0.1) is 0 Å². The number of hydrogen-bond acceptors (Lipinski definition) is 27. The largest absolute Gasteiger partial charge is 0.457 e. The van der Waals surface area contributed by atoms with Gasteiger partial charge in [0.2, 0.25) is 0 Å². The number of rotatable bonds is 25. The molecule has 4 amide bonds. The molecular formula is C79H107N3O26Si3. The number of nitrogens with zero attached hydrogens (tertiary/aromatic N) is 2. The molecule has 4 saturated heterocycles. The van der Waals surface area contributed by atoms with Crippen LogP contribution in [0.25, 0.3) is 0 Å². The number of benzene rings is 4. The van der Waals surface area contributed by atoms with Crippen molar-refractivity contribution in [2.75, 3.05) is 26.9 Å². The molecule has 29 nitrogen and oxygen atoms in total. The summed E-state index contributed by atoms with van der Waals surface area (Å²) in [7, 11) is -7.54. The van der Waals surface area contributed by atoms with Gasteiger partial charge in [-0.1, -0.05) is 123 Å². The first-order valence-electron chi connectivity index (χ1n) is 37.3. The van der Waals surface area contributed by atoms with Gasteiger partial charge >= 0.3 is 29.8 Å². The lowest BCUT2D eigenvalue weighted by Gasteiger charge is -2.53. The fourth-order valence-electron chi connectivity index (χ4n) is 13.5. The molecule has 10 rings (SSSR count). The molecule has 0 bridgehead atoms. The first-order valence-corrected chi connectivity index (χ1v) is 46.0. The minimum atomic E-state index is -3.19. The number of amides is 4. The third kappa shape index (κ3) is 18.4. The minimum absolute atomic E-state index is 0.00790. The Balaban J connectivity index is 1.14. The lowest BCUT2D eigenvalue weighted by atomic mass is 9.92. The number of ether oxygens (including phenoxy) is 13. The number of esters is 5. The molecule has 0 unspecified atom stereocenters. The molecule has 32 heteroatoms. The summed E-state index contributed by atoms with van der Waals surface area (Å²) in [4.78, 5) is 132. The van der Waals surface area contributed by atoms with Crippen molar-refractivity contribution in [3.8, 4) is 0 Å². The van der Waals surface area contributed by atoms with E-state index in [0.717, 1.165) is 30.6 Å². The second kappa shape index (κ2) is 34.0. The first kappa shape index (κ1) is 86.1. The molecule has 3 N–H and O–H groups in total. The average Bonchev–Trinajstić information content (AvgIpc) is 1.71. The molecule has 0 spiro atoms. The van der Waals surface area contributed by atoms with Gasteiger partial charge in [0.05, 0.1) is 65.3 Å². The first-order chi connectivity index (χ1) is 51.9. The van der Waals surface area contributed by atoms with Crippen molar-refractivity contribution in [1.29, 1.82) is 0 Å². The minimum Gasteiger partial charge on any atom is -0.457 e. The van der Waals surface area contributed by atoms with E-state index in [1.54, 1.807) is 67.6 Å². The molecule has 0 radical (unpaired) electrons. The van der Waals surface area contributed by atoms with Gasteiger partial charge in [0.25, 0.3) is 23.6 Å². The van der Waals surface area contributed by atoms with Crippen molar-refractivity contribution >= 4 is 78.4 Å². The fourth-order valence-corrected chi connectivity index (χ4v) is 16.6. The number of nitrogens with two attached hydrogens (primary N) is 1. The van der Waals surface area contributed by atoms with E-state index in [9.17, 15) is 29.1 Å². The quantitative estimate of drug-likeness (QED) is 0.0270. The van der Waals surface area contributed by atoms with Crippen LogP contribution in [0.1, 0.15) is 152 Å². The van der Waals surface area contributed by atoms with Crippen LogP contribution in [0.2, 0.25) is 54.4 Å². The van der Waals surface area contributed by atoms with Gasteiger partial charge in [0.1, 0.15) is 54.8 Å². The average molecular weight is 1600 g/mol. The lowest BCUT2D eigenvalue weighted by molar-refractivity contribution is -0.360. The summed E-state index contributed by atoms with van der Waals surface area (Å²) in [6.45, 7) is 33.0. The van der Waals surface area contributed by atoms with Gasteiger partial charge in [-0.2, -0.15) is 0 Å². The zero-order valence-corrected chi connectivity index (χ0v) is 69.7. The summed E-state index contributed by atoms with van der Waals surface area (Å²) < 4.78 is 107. The number of hydrogen-bond donors (Lipinski definition) is 2. The summed E-state index contributed by atoms with van der Waals surface area (Å²) in [5.74, 6) is -7.77. The Bertz CT molecular complexity index is 3980. The van der Waals surface area contributed by atoms with Crippen molar-refractivity contribution in [3.63, 3.8) is 0 Å². The summed E-state index contributed by atoms with van der Waals surface area (Å²) in [5, 5.41) is 12.5. The summed E-state index contributed by atoms with van der Waals surface area (Å²) in [6.07, 6.45) is -27.9. The second-order valence-corrected chi connectivity index (χ2v) is 47.8. The molecular weight excluding hydrogens is 1490 g/mol. The van der Waals surface area contributed by atoms with Gasteiger partial charge in [-0.3, -0.25) is 43.4 Å². The van der Waals surface area contributed by atoms with Gasteiger partial charge in [0.15, 0.2) is 80.6 Å². The molecule has 0 aliphatic carbocycles. The maximum Gasteiger partial charge on any atom is 0.338 e. The van der Waals surface area contributed by atoms with Crippen LogP contribution in [-0.4, -0.2) is 243 Å². The molecule has 0 aromatic heterocycles. The molecule has 0 saturated carbocycles. The van der Waals surface area contributed by atoms with Gasteiger partial charge in [-0.15, -0.1) is 0 Å². The predicted octanol–water partition coefficient (Wildman–Crippen LogP) is 9.04. The van der Waals surface area contributed by atoms with Crippen LogP contribution in [0.4, 0.5) is 0 Å². The monoisotopic (exact) mass is 1600 g/mol. The van der Waals surface area contributed by atoms with Gasteiger partial charge in [-0.25, -0.2) is 9.59 Å². The Hall–Kier alpha value is -7.36. The Morgan fingerprint density at radius 1 is 0.432 bits per heavy atom. The summed E-state index contributed by atoms with van der Waals surface area (Å²) >= 11 is 0. The van der Waals surface area contributed by atoms with E-state index in [2.05, 4.69) is 0 Å². The van der Waals surface area contributed by atoms with Gasteiger partial charge in [0, 0.05) is 27.9 Å². The molecule has 4 aromatic rings. The molecule has 4 aromatic carbocycles. The number of aliphatic hydroxyl groups is 1. The number of aliphatic hydroxyl groups excluding tert-OH is 1. The third-order valence-electron chi connectivity index (χ3n) is 22.7. The molecule has 6 aliphatic heterocycles. The topological polar surface area (TPSA) is 354 Å². The molecule has 4 fully saturated rings. The Morgan fingerprint density at radius 2 is 0.811 bits per heavy atom. The number of fused-ring (bicyclic) bond motifs is 2. The third-order valence-corrected chi connectivity index (χ3v) is 36.1. The van der Waals surface area contributed by atoms with Crippen LogP contribution in [0.3, 0.4) is 0 Å². The van der Waals surface area contributed by atoms with Crippen molar-refractivity contribution < 1.29 is 123 Å². The van der Waals surface area contributed by atoms with E-state index >= 15 is 19.2 Å². The zero-order valence-electron chi connectivity index (χ0n) is 66.7. The SMILES string of the molecule is CO[C@@H]1[C@H](OC[C@H]2O[C@@H](O[Si](C)(C)C(C)(C)C)[C@H](N3C(=O)c4ccccc4C3=O)[C@@H](O)[C@@H]2O[C@@H]2O[C@H](CO[Si](C)(C)C(C)(C)C)[C@@H](O[C@@H]3O[C@H](CO[Si](C)(C)C(C)(C)C)[C@@H](OC(C)=O)[C@H](OC(C)=O)[C@H]3N)[C@H](OC(C)=O)[C@H]2N2C(=O)c3ccccc3C2=O)O[C@@H](C)[C@@H](OC(=O)c2ccccc2)[C@H]1OC(=O)c1ccccc1. The van der Waals surface area contributed by atoms with Crippen LogP contribution < -0.4 is 5.73 Å². The van der Waals surface area contributed by atoms with E-state index in [-0.39, 0.29) is 45.0 Å². The van der Waals surface area contributed by atoms with Crippen molar-refractivity contribution in [2.45, 2.75) is 267 Å². The Kier molecular flexibility index (Phi) is 26.3. The number of carbonyl (C=O) groups excluding carboxylic acids is 9. The standard InChI is InChI=1S/C79H107N3O26Si3/c1-42-59(104-71(91)46-31-23-21-24-32-46)65(105-72(92)47-33-25-22-26-34-47)66(93-14)76(97-42)94-39-52-60(58(86)56(75(103-52)108-111(19,20)79(11,12)13)81-67(87)48-35-27-28-36-49(48)68(81)88)106-74-57(82-69(89)50-37-29-30-38-51(50)70(82)90)64(100-45(4)85)62(54(102-74)41-96-110(17,18)78(8,9)10)107-73-55(80)63(99-44(3)84)61(98-43(2)83)53(101-73)40-95-109(15,16)77(5,6)7/h21-38,42,52-66,73-76,86H,39-41,80H2,1-20H3/t42-,52+,53+,54+,55+,56+,57+,58+,59+,60+,61+,62+,63+,64+,65+,66-,73-,74-,75-,76+/m0/s1. The molecule has 606 valence electrons. The predicted molar refractivity (Wildman–Crippen MR) is 405 cm³/mol. The van der Waals surface area contributed by atoms with E-state index < -0.39 is 224 Å². The Morgan fingerprint density at radius 3 is 1.25 bits per heavy atom. The van der Waals surface area contributed by atoms with Crippen LogP contribution in [0.5, 0.6) is 0 Å². The fraction of sp³-hybridized carbons (Fsp3) is 0.582. The molecule has 6 heterocycles. The van der Waals surface area contributed by atoms with E-state index in [1.165, 1.54) is 55.6 Å². The maximum absolute atomic E-state index is 15.6. The summed E-state index contributed by atoms with van der Waals surface area (Å²) in [5.41, 5.74) is 7.27. The number of carbonyl (C=O) groups is 9.